The number of aromatic nitrogens is 3. The van der Waals surface area contributed by atoms with E-state index < -0.39 is 7.14 Å². The Labute approximate surface area is 237 Å². The Morgan fingerprint density at radius 1 is 0.610 bits per heavy atom. The summed E-state index contributed by atoms with van der Waals surface area (Å²) in [6, 6.07) is 38.2. The van der Waals surface area contributed by atoms with E-state index in [0.717, 1.165) is 65.9 Å². The number of rotatable bonds is 3. The predicted molar refractivity (Wildman–Crippen MR) is 173 cm³/mol. The van der Waals surface area contributed by atoms with E-state index in [1.807, 2.05) is 37.7 Å². The highest BCUT2D eigenvalue weighted by Gasteiger charge is 2.19. The molecule has 5 heteroatoms. The zero-order valence-corrected chi connectivity index (χ0v) is 23.6. The van der Waals surface area contributed by atoms with Gasteiger partial charge in [0, 0.05) is 34.0 Å². The van der Waals surface area contributed by atoms with Crippen LogP contribution in [0.3, 0.4) is 0 Å². The molecule has 0 fully saturated rings. The van der Waals surface area contributed by atoms with Gasteiger partial charge in [0.25, 0.3) is 0 Å². The Hall–Kier alpha value is -4.79. The van der Waals surface area contributed by atoms with Crippen molar-refractivity contribution in [2.75, 3.05) is 13.3 Å². The summed E-state index contributed by atoms with van der Waals surface area (Å²) in [5.41, 5.74) is 8.49. The maximum Gasteiger partial charge on any atom is 0.146 e. The molecule has 0 bridgehead atoms. The maximum atomic E-state index is 13.1. The van der Waals surface area contributed by atoms with Gasteiger partial charge in [-0.25, -0.2) is 4.98 Å². The van der Waals surface area contributed by atoms with Crippen LogP contribution in [0.1, 0.15) is 0 Å². The minimum absolute atomic E-state index is 0.927. The third-order valence-electron chi connectivity index (χ3n) is 8.14. The zero-order valence-electron chi connectivity index (χ0n) is 22.7. The summed E-state index contributed by atoms with van der Waals surface area (Å²) in [5, 5.41) is 6.59. The molecule has 3 heterocycles. The first-order valence-electron chi connectivity index (χ1n) is 13.7. The van der Waals surface area contributed by atoms with Gasteiger partial charge < -0.3 is 4.57 Å². The third-order valence-corrected chi connectivity index (χ3v) is 9.69. The average molecular weight is 548 g/mol. The summed E-state index contributed by atoms with van der Waals surface area (Å²) in [6.45, 7) is 3.69. The Balaban J connectivity index is 1.45. The van der Waals surface area contributed by atoms with Gasteiger partial charge in [-0.3, -0.25) is 9.38 Å². The minimum Gasteiger partial charge on any atom is -0.319 e. The van der Waals surface area contributed by atoms with Gasteiger partial charge in [0.15, 0.2) is 0 Å². The SMILES string of the molecule is CP(C)(=O)c1ccc(-c2ccc3c4ccccc4c4nc5cc(-c6cccnc6)ccc5n4c3c2)c2ccccc12. The van der Waals surface area contributed by atoms with Gasteiger partial charge in [0.2, 0.25) is 0 Å². The molecule has 0 aliphatic carbocycles. The van der Waals surface area contributed by atoms with Crippen LogP contribution in [0.4, 0.5) is 0 Å². The van der Waals surface area contributed by atoms with Crippen molar-refractivity contribution in [3.05, 3.63) is 122 Å². The highest BCUT2D eigenvalue weighted by molar-refractivity contribution is 7.70. The second-order valence-corrected chi connectivity index (χ2v) is 14.2. The van der Waals surface area contributed by atoms with E-state index in [2.05, 4.69) is 100 Å². The van der Waals surface area contributed by atoms with Crippen LogP contribution in [0.15, 0.2) is 122 Å². The first-order chi connectivity index (χ1) is 20.0. The molecule has 5 aromatic carbocycles. The van der Waals surface area contributed by atoms with Crippen LogP contribution in [0.25, 0.3) is 71.4 Å². The molecule has 0 N–H and O–H groups in total. The molecule has 0 saturated heterocycles. The van der Waals surface area contributed by atoms with Crippen molar-refractivity contribution < 1.29 is 4.57 Å². The minimum atomic E-state index is -2.44. The fraction of sp³-hybridized carbons (Fsp3) is 0.0556. The summed E-state index contributed by atoms with van der Waals surface area (Å²) < 4.78 is 15.4. The number of fused-ring (bicyclic) bond motifs is 9. The van der Waals surface area contributed by atoms with Crippen LogP contribution in [-0.4, -0.2) is 27.7 Å². The quantitative estimate of drug-likeness (QED) is 0.164. The first kappa shape index (κ1) is 24.0. The lowest BCUT2D eigenvalue weighted by Gasteiger charge is -2.16. The lowest BCUT2D eigenvalue weighted by Crippen LogP contribution is -2.05. The van der Waals surface area contributed by atoms with Gasteiger partial charge in [-0.05, 0) is 70.4 Å². The molecule has 0 aliphatic rings. The van der Waals surface area contributed by atoms with Gasteiger partial charge in [-0.1, -0.05) is 84.9 Å². The molecular formula is C36H26N3OP. The second kappa shape index (κ2) is 8.86. The van der Waals surface area contributed by atoms with Crippen molar-refractivity contribution in [2.45, 2.75) is 0 Å². The Kier molecular flexibility index (Phi) is 5.19. The maximum absolute atomic E-state index is 13.1. The van der Waals surface area contributed by atoms with Crippen LogP contribution in [0.2, 0.25) is 0 Å². The van der Waals surface area contributed by atoms with Gasteiger partial charge in [0.05, 0.1) is 16.6 Å². The molecule has 196 valence electrons. The Morgan fingerprint density at radius 2 is 1.37 bits per heavy atom. The number of nitrogens with zero attached hydrogens (tertiary/aromatic N) is 3. The summed E-state index contributed by atoms with van der Waals surface area (Å²) >= 11 is 0. The topological polar surface area (TPSA) is 47.3 Å². The zero-order chi connectivity index (χ0) is 27.7. The second-order valence-electron chi connectivity index (χ2n) is 11.0. The highest BCUT2D eigenvalue weighted by Crippen LogP contribution is 2.41. The summed E-state index contributed by atoms with van der Waals surface area (Å²) in [6.07, 6.45) is 3.68. The van der Waals surface area contributed by atoms with Crippen molar-refractivity contribution in [2.24, 2.45) is 0 Å². The number of hydrogen-bond donors (Lipinski definition) is 0. The average Bonchev–Trinajstić information content (AvgIpc) is 3.40. The molecule has 0 saturated carbocycles. The van der Waals surface area contributed by atoms with E-state index in [-0.39, 0.29) is 0 Å². The Morgan fingerprint density at radius 3 is 2.15 bits per heavy atom. The van der Waals surface area contributed by atoms with E-state index >= 15 is 0 Å². The molecule has 41 heavy (non-hydrogen) atoms. The molecule has 0 atom stereocenters. The molecule has 8 aromatic rings. The van der Waals surface area contributed by atoms with Crippen LogP contribution < -0.4 is 5.30 Å². The molecule has 0 amide bonds. The summed E-state index contributed by atoms with van der Waals surface area (Å²) in [5.74, 6) is 0. The molecule has 0 unspecified atom stereocenters. The van der Waals surface area contributed by atoms with Crippen molar-refractivity contribution in [1.82, 2.24) is 14.4 Å². The van der Waals surface area contributed by atoms with Crippen molar-refractivity contribution in [3.63, 3.8) is 0 Å². The van der Waals surface area contributed by atoms with Gasteiger partial charge >= 0.3 is 0 Å². The van der Waals surface area contributed by atoms with Crippen molar-refractivity contribution in [1.29, 1.82) is 0 Å². The predicted octanol–water partition coefficient (Wildman–Crippen LogP) is 8.92. The van der Waals surface area contributed by atoms with E-state index in [1.54, 1.807) is 6.20 Å². The standard InChI is InChI=1S/C36H26N3OP/c1-41(2,40)35-18-16-26(27-9-3-5-11-30(27)35)24-13-15-29-28-10-4-6-12-31(28)36-38-32-20-23(25-8-7-19-37-22-25)14-17-33(32)39(36)34(29)21-24/h3-22H,1-2H3. The van der Waals surface area contributed by atoms with Gasteiger partial charge in [-0.15, -0.1) is 0 Å². The van der Waals surface area contributed by atoms with Crippen molar-refractivity contribution >= 4 is 61.6 Å². The molecule has 0 radical (unpaired) electrons. The summed E-state index contributed by atoms with van der Waals surface area (Å²) in [4.78, 5) is 9.49. The van der Waals surface area contributed by atoms with Gasteiger partial charge in [0.1, 0.15) is 12.8 Å². The molecule has 4 nitrogen and oxygen atoms in total. The molecule has 0 spiro atoms. The smallest absolute Gasteiger partial charge is 0.146 e. The fourth-order valence-corrected chi connectivity index (χ4v) is 7.46. The first-order valence-corrected chi connectivity index (χ1v) is 16.3. The van der Waals surface area contributed by atoms with E-state index in [4.69, 9.17) is 4.98 Å². The molecular weight excluding hydrogens is 521 g/mol. The molecule has 3 aromatic heterocycles. The van der Waals surface area contributed by atoms with E-state index in [9.17, 15) is 4.57 Å². The van der Waals surface area contributed by atoms with Crippen LogP contribution in [0, 0.1) is 0 Å². The lowest BCUT2D eigenvalue weighted by molar-refractivity contribution is 0.588. The number of benzene rings is 5. The lowest BCUT2D eigenvalue weighted by atomic mass is 9.96. The van der Waals surface area contributed by atoms with Crippen LogP contribution in [-0.2, 0) is 4.57 Å². The molecule has 0 aliphatic heterocycles. The Bertz CT molecular complexity index is 2370. The van der Waals surface area contributed by atoms with Crippen LogP contribution in [0.5, 0.6) is 0 Å². The van der Waals surface area contributed by atoms with Gasteiger partial charge in [-0.2, -0.15) is 0 Å². The fourth-order valence-electron chi connectivity index (χ4n) is 6.25. The van der Waals surface area contributed by atoms with Crippen LogP contribution >= 0.6 is 7.14 Å². The van der Waals surface area contributed by atoms with E-state index in [1.165, 1.54) is 10.8 Å². The number of hydrogen-bond acceptors (Lipinski definition) is 3. The number of imidazole rings is 1. The van der Waals surface area contributed by atoms with Crippen molar-refractivity contribution in [3.8, 4) is 22.3 Å². The molecule has 8 rings (SSSR count). The largest absolute Gasteiger partial charge is 0.319 e. The normalized spacial score (nSPS) is 12.2. The monoisotopic (exact) mass is 547 g/mol. The number of pyridine rings is 2. The summed E-state index contributed by atoms with van der Waals surface area (Å²) in [7, 11) is -2.44. The highest BCUT2D eigenvalue weighted by atomic mass is 31.2. The van der Waals surface area contributed by atoms with E-state index in [0.29, 0.717) is 0 Å². The third kappa shape index (κ3) is 3.72.